The summed E-state index contributed by atoms with van der Waals surface area (Å²) in [6.07, 6.45) is 1.90. The van der Waals surface area contributed by atoms with E-state index in [0.717, 1.165) is 12.8 Å². The lowest BCUT2D eigenvalue weighted by atomic mass is 10.2. The Morgan fingerprint density at radius 1 is 1.33 bits per heavy atom. The third-order valence-corrected chi connectivity index (χ3v) is 5.35. The normalized spacial score (nSPS) is 11.9. The zero-order valence-corrected chi connectivity index (χ0v) is 13.9. The van der Waals surface area contributed by atoms with Crippen molar-refractivity contribution in [1.82, 2.24) is 9.62 Å². The second kappa shape index (κ2) is 7.56. The van der Waals surface area contributed by atoms with E-state index >= 15 is 0 Å². The van der Waals surface area contributed by atoms with Crippen LogP contribution in [0.15, 0.2) is 29.2 Å². The smallest absolute Gasteiger partial charge is 0.251 e. The standard InChI is InChI=1S/C15H24N2O3S/c1-5-6-10-16-15(18)13-8-7-9-14(11-13)21(19,20)17(4)12(2)3/h7-9,11-12H,5-6,10H2,1-4H3,(H,16,18). The van der Waals surface area contributed by atoms with Crippen LogP contribution in [0.4, 0.5) is 0 Å². The zero-order valence-electron chi connectivity index (χ0n) is 13.1. The van der Waals surface area contributed by atoms with Gasteiger partial charge >= 0.3 is 0 Å². The second-order valence-corrected chi connectivity index (χ2v) is 7.25. The van der Waals surface area contributed by atoms with Crippen LogP contribution in [0.5, 0.6) is 0 Å². The third-order valence-electron chi connectivity index (χ3n) is 3.32. The highest BCUT2D eigenvalue weighted by molar-refractivity contribution is 7.89. The van der Waals surface area contributed by atoms with E-state index in [0.29, 0.717) is 12.1 Å². The summed E-state index contributed by atoms with van der Waals surface area (Å²) in [5, 5.41) is 2.78. The van der Waals surface area contributed by atoms with Crippen LogP contribution in [0.3, 0.4) is 0 Å². The summed E-state index contributed by atoms with van der Waals surface area (Å²) in [4.78, 5) is 12.1. The van der Waals surface area contributed by atoms with E-state index in [-0.39, 0.29) is 16.8 Å². The van der Waals surface area contributed by atoms with Crippen molar-refractivity contribution in [2.75, 3.05) is 13.6 Å². The van der Waals surface area contributed by atoms with Gasteiger partial charge in [-0.25, -0.2) is 8.42 Å². The van der Waals surface area contributed by atoms with E-state index in [9.17, 15) is 13.2 Å². The number of unbranched alkanes of at least 4 members (excludes halogenated alkanes) is 1. The van der Waals surface area contributed by atoms with Crippen molar-refractivity contribution in [1.29, 1.82) is 0 Å². The zero-order chi connectivity index (χ0) is 16.0. The Hall–Kier alpha value is -1.40. The minimum Gasteiger partial charge on any atom is -0.352 e. The minimum atomic E-state index is -3.57. The van der Waals surface area contributed by atoms with Crippen molar-refractivity contribution in [3.05, 3.63) is 29.8 Å². The van der Waals surface area contributed by atoms with E-state index in [4.69, 9.17) is 0 Å². The molecule has 1 aromatic rings. The lowest BCUT2D eigenvalue weighted by Gasteiger charge is -2.21. The Morgan fingerprint density at radius 3 is 2.57 bits per heavy atom. The number of amides is 1. The van der Waals surface area contributed by atoms with Crippen LogP contribution >= 0.6 is 0 Å². The second-order valence-electron chi connectivity index (χ2n) is 5.25. The fourth-order valence-electron chi connectivity index (χ4n) is 1.72. The number of nitrogens with zero attached hydrogens (tertiary/aromatic N) is 1. The van der Waals surface area contributed by atoms with Gasteiger partial charge in [-0.3, -0.25) is 4.79 Å². The van der Waals surface area contributed by atoms with Crippen molar-refractivity contribution < 1.29 is 13.2 Å². The SMILES string of the molecule is CCCCNC(=O)c1cccc(S(=O)(=O)N(C)C(C)C)c1. The number of sulfonamides is 1. The Labute approximate surface area is 127 Å². The lowest BCUT2D eigenvalue weighted by Crippen LogP contribution is -2.33. The molecular formula is C15H24N2O3S. The number of hydrogen-bond donors (Lipinski definition) is 1. The largest absolute Gasteiger partial charge is 0.352 e. The van der Waals surface area contributed by atoms with Gasteiger partial charge in [0.2, 0.25) is 10.0 Å². The molecule has 1 aromatic carbocycles. The first-order valence-electron chi connectivity index (χ1n) is 7.17. The topological polar surface area (TPSA) is 66.5 Å². The molecule has 0 spiro atoms. The van der Waals surface area contributed by atoms with Gasteiger partial charge in [-0.15, -0.1) is 0 Å². The number of benzene rings is 1. The summed E-state index contributed by atoms with van der Waals surface area (Å²) in [5.41, 5.74) is 0.365. The first kappa shape index (κ1) is 17.7. The fraction of sp³-hybridized carbons (Fsp3) is 0.533. The highest BCUT2D eigenvalue weighted by Crippen LogP contribution is 2.17. The maximum Gasteiger partial charge on any atom is 0.251 e. The van der Waals surface area contributed by atoms with Crippen molar-refractivity contribution in [2.24, 2.45) is 0 Å². The molecule has 0 aromatic heterocycles. The van der Waals surface area contributed by atoms with Gasteiger partial charge in [0.15, 0.2) is 0 Å². The Kier molecular flexibility index (Phi) is 6.36. The van der Waals surface area contributed by atoms with E-state index < -0.39 is 10.0 Å². The van der Waals surface area contributed by atoms with Crippen molar-refractivity contribution in [3.63, 3.8) is 0 Å². The summed E-state index contributed by atoms with van der Waals surface area (Å²) < 4.78 is 26.1. The van der Waals surface area contributed by atoms with Crippen molar-refractivity contribution in [3.8, 4) is 0 Å². The molecular weight excluding hydrogens is 288 g/mol. The summed E-state index contributed by atoms with van der Waals surface area (Å²) in [5.74, 6) is -0.243. The number of hydrogen-bond acceptors (Lipinski definition) is 3. The summed E-state index contributed by atoms with van der Waals surface area (Å²) >= 11 is 0. The van der Waals surface area contributed by atoms with Gasteiger partial charge < -0.3 is 5.32 Å². The molecule has 0 radical (unpaired) electrons. The molecule has 0 atom stereocenters. The molecule has 0 aliphatic rings. The van der Waals surface area contributed by atoms with Gasteiger partial charge in [0.25, 0.3) is 5.91 Å². The maximum absolute atomic E-state index is 12.4. The fourth-order valence-corrected chi connectivity index (χ4v) is 3.14. The summed E-state index contributed by atoms with van der Waals surface area (Å²) in [6, 6.07) is 6.01. The molecule has 6 heteroatoms. The number of carbonyl (C=O) groups is 1. The molecule has 0 saturated carbocycles. The molecule has 0 bridgehead atoms. The first-order valence-corrected chi connectivity index (χ1v) is 8.61. The lowest BCUT2D eigenvalue weighted by molar-refractivity contribution is 0.0953. The van der Waals surface area contributed by atoms with E-state index in [1.165, 1.54) is 23.5 Å². The van der Waals surface area contributed by atoms with Gasteiger partial charge in [-0.1, -0.05) is 19.4 Å². The molecule has 5 nitrogen and oxygen atoms in total. The average molecular weight is 312 g/mol. The van der Waals surface area contributed by atoms with Crippen LogP contribution < -0.4 is 5.32 Å². The third kappa shape index (κ3) is 4.54. The quantitative estimate of drug-likeness (QED) is 0.785. The maximum atomic E-state index is 12.4. The number of carbonyl (C=O) groups excluding carboxylic acids is 1. The van der Waals surface area contributed by atoms with Gasteiger partial charge in [-0.2, -0.15) is 4.31 Å². The van der Waals surface area contributed by atoms with Gasteiger partial charge in [0, 0.05) is 25.2 Å². The number of rotatable bonds is 7. The van der Waals surface area contributed by atoms with Crippen LogP contribution in [0.1, 0.15) is 44.0 Å². The average Bonchev–Trinajstić information content (AvgIpc) is 2.46. The Bertz CT molecular complexity index is 582. The van der Waals surface area contributed by atoms with Crippen LogP contribution in [0, 0.1) is 0 Å². The van der Waals surface area contributed by atoms with Gasteiger partial charge in [-0.05, 0) is 38.5 Å². The molecule has 0 aliphatic heterocycles. The molecule has 0 unspecified atom stereocenters. The predicted octanol–water partition coefficient (Wildman–Crippen LogP) is 2.25. The van der Waals surface area contributed by atoms with E-state index in [2.05, 4.69) is 5.32 Å². The molecule has 1 rings (SSSR count). The molecule has 21 heavy (non-hydrogen) atoms. The molecule has 0 saturated heterocycles. The Morgan fingerprint density at radius 2 is 2.00 bits per heavy atom. The minimum absolute atomic E-state index is 0.141. The highest BCUT2D eigenvalue weighted by atomic mass is 32.2. The van der Waals surface area contributed by atoms with Crippen molar-refractivity contribution in [2.45, 2.75) is 44.6 Å². The molecule has 0 heterocycles. The van der Waals surface area contributed by atoms with E-state index in [1.54, 1.807) is 26.0 Å². The van der Waals surface area contributed by atoms with Gasteiger partial charge in [0.1, 0.15) is 0 Å². The summed E-state index contributed by atoms with van der Waals surface area (Å²) in [7, 11) is -2.03. The van der Waals surface area contributed by atoms with Crippen LogP contribution in [-0.4, -0.2) is 38.3 Å². The van der Waals surface area contributed by atoms with Crippen LogP contribution in [0.25, 0.3) is 0 Å². The molecule has 0 fully saturated rings. The van der Waals surface area contributed by atoms with Crippen LogP contribution in [0.2, 0.25) is 0 Å². The molecule has 1 amide bonds. The summed E-state index contributed by atoms with van der Waals surface area (Å²) in [6.45, 7) is 6.25. The first-order chi connectivity index (χ1) is 9.80. The van der Waals surface area contributed by atoms with E-state index in [1.807, 2.05) is 6.92 Å². The van der Waals surface area contributed by atoms with Crippen molar-refractivity contribution >= 4 is 15.9 Å². The molecule has 1 N–H and O–H groups in total. The monoisotopic (exact) mass is 312 g/mol. The molecule has 118 valence electrons. The van der Waals surface area contributed by atoms with Gasteiger partial charge in [0.05, 0.1) is 4.90 Å². The number of nitrogens with one attached hydrogen (secondary N) is 1. The van der Waals surface area contributed by atoms with Crippen LogP contribution in [-0.2, 0) is 10.0 Å². The molecule has 0 aliphatic carbocycles. The Balaban J connectivity index is 2.98. The highest BCUT2D eigenvalue weighted by Gasteiger charge is 2.23. The predicted molar refractivity (Wildman–Crippen MR) is 83.8 cm³/mol.